The monoisotopic (exact) mass is 413 g/mol. The number of anilines is 2. The number of fused-ring (bicyclic) bond motifs is 1. The number of nitrogen functional groups attached to an aromatic ring is 2. The molecule has 6 N–H and O–H groups in total. The van der Waals surface area contributed by atoms with Crippen LogP contribution in [0.4, 0.5) is 11.4 Å². The van der Waals surface area contributed by atoms with E-state index in [0.29, 0.717) is 22.7 Å². The van der Waals surface area contributed by atoms with Crippen molar-refractivity contribution in [3.8, 4) is 5.75 Å². The molecule has 29 heavy (non-hydrogen) atoms. The zero-order valence-electron chi connectivity index (χ0n) is 15.9. The molecule has 0 bridgehead atoms. The van der Waals surface area contributed by atoms with Gasteiger partial charge in [-0.05, 0) is 23.6 Å². The Morgan fingerprint density at radius 1 is 1.00 bits per heavy atom. The fourth-order valence-electron chi connectivity index (χ4n) is 2.77. The Balaban J connectivity index is 0.000000207. The Morgan fingerprint density at radius 2 is 1.66 bits per heavy atom. The molecule has 7 nitrogen and oxygen atoms in total. The molecule has 0 aliphatic heterocycles. The lowest BCUT2D eigenvalue weighted by molar-refractivity contribution is 0.225. The van der Waals surface area contributed by atoms with Crippen LogP contribution >= 0.6 is 0 Å². The van der Waals surface area contributed by atoms with E-state index in [9.17, 15) is 8.42 Å². The largest absolute Gasteiger partial charge is 0.407 e. The van der Waals surface area contributed by atoms with E-state index in [1.165, 1.54) is 24.3 Å². The molecule has 0 saturated heterocycles. The molecule has 0 saturated carbocycles. The molecule has 0 radical (unpaired) electrons. The maximum absolute atomic E-state index is 11.0. The fraction of sp³-hybridized carbons (Fsp3) is 0.0476. The quantitative estimate of drug-likeness (QED) is 0.285. The molecule has 0 aromatic heterocycles. The second-order valence-corrected chi connectivity index (χ2v) is 7.26. The van der Waals surface area contributed by atoms with Gasteiger partial charge in [0.2, 0.25) is 0 Å². The second-order valence-electron chi connectivity index (χ2n) is 5.87. The third kappa shape index (κ3) is 4.94. The molecule has 0 spiro atoms. The number of nitrogens with one attached hydrogen (secondary N) is 1. The molecule has 152 valence electrons. The van der Waals surface area contributed by atoms with E-state index >= 15 is 0 Å². The average Bonchev–Trinajstić information content (AvgIpc) is 2.69. The van der Waals surface area contributed by atoms with E-state index in [0.717, 1.165) is 10.8 Å². The van der Waals surface area contributed by atoms with Crippen LogP contribution in [0, 0.1) is 0 Å². The highest BCUT2D eigenvalue weighted by Gasteiger charge is 2.16. The Hall–Kier alpha value is -3.33. The topological polar surface area (TPSA) is 128 Å². The predicted octanol–water partition coefficient (Wildman–Crippen LogP) is 3.74. The van der Waals surface area contributed by atoms with Gasteiger partial charge in [0.15, 0.2) is 5.75 Å². The van der Waals surface area contributed by atoms with Gasteiger partial charge in [-0.2, -0.15) is 13.9 Å². The van der Waals surface area contributed by atoms with Crippen molar-refractivity contribution in [2.45, 2.75) is 4.90 Å². The molecule has 0 amide bonds. The summed E-state index contributed by atoms with van der Waals surface area (Å²) < 4.78 is 31.0. The smallest absolute Gasteiger partial charge is 0.295 e. The summed E-state index contributed by atoms with van der Waals surface area (Å²) in [6, 6.07) is 14.4. The Kier molecular flexibility index (Phi) is 7.00. The molecule has 0 aliphatic rings. The molecule has 3 aromatic carbocycles. The fourth-order valence-corrected chi connectivity index (χ4v) is 3.48. The van der Waals surface area contributed by atoms with Crippen LogP contribution < -0.4 is 21.8 Å². The van der Waals surface area contributed by atoms with Gasteiger partial charge in [0.1, 0.15) is 4.90 Å². The van der Waals surface area contributed by atoms with Crippen LogP contribution in [-0.2, 0) is 10.1 Å². The zero-order valence-corrected chi connectivity index (χ0v) is 16.7. The van der Waals surface area contributed by atoms with Crippen LogP contribution in [0.5, 0.6) is 5.75 Å². The van der Waals surface area contributed by atoms with Gasteiger partial charge in [-0.25, -0.2) is 0 Å². The Morgan fingerprint density at radius 3 is 2.24 bits per heavy atom. The number of rotatable bonds is 5. The minimum absolute atomic E-state index is 0.221. The number of hydrogen-bond donors (Lipinski definition) is 4. The van der Waals surface area contributed by atoms with Crippen molar-refractivity contribution in [1.29, 1.82) is 0 Å². The van der Waals surface area contributed by atoms with Crippen molar-refractivity contribution in [3.63, 3.8) is 0 Å². The predicted molar refractivity (Wildman–Crippen MR) is 119 cm³/mol. The van der Waals surface area contributed by atoms with E-state index in [1.807, 2.05) is 36.4 Å². The summed E-state index contributed by atoms with van der Waals surface area (Å²) in [5, 5.41) is 2.13. The highest BCUT2D eigenvalue weighted by Crippen LogP contribution is 2.29. The third-order valence-electron chi connectivity index (χ3n) is 4.11. The van der Waals surface area contributed by atoms with Crippen molar-refractivity contribution in [2.75, 3.05) is 18.5 Å². The Labute approximate surface area is 170 Å². The first-order chi connectivity index (χ1) is 13.7. The minimum atomic E-state index is -4.27. The van der Waals surface area contributed by atoms with Gasteiger partial charge >= 0.3 is 0 Å². The van der Waals surface area contributed by atoms with E-state index in [4.69, 9.17) is 20.9 Å². The van der Waals surface area contributed by atoms with Crippen LogP contribution in [0.3, 0.4) is 0 Å². The molecular weight excluding hydrogens is 390 g/mol. The normalized spacial score (nSPS) is 10.7. The summed E-state index contributed by atoms with van der Waals surface area (Å²) in [7, 11) is -2.57. The maximum Gasteiger partial charge on any atom is 0.295 e. The maximum atomic E-state index is 11.0. The average molecular weight is 413 g/mol. The molecule has 8 heteroatoms. The SMILES string of the molecule is C=Cc1c(N)ccc(S(=O)(=O)O)c1C=C.CNOc1ccc2ccccc2c1N. The van der Waals surface area contributed by atoms with Gasteiger partial charge in [0.05, 0.1) is 5.69 Å². The first kappa shape index (κ1) is 22.0. The summed E-state index contributed by atoms with van der Waals surface area (Å²) in [6.07, 6.45) is 2.73. The summed E-state index contributed by atoms with van der Waals surface area (Å²) in [6.45, 7) is 7.00. The first-order valence-electron chi connectivity index (χ1n) is 8.50. The lowest BCUT2D eigenvalue weighted by atomic mass is 10.1. The zero-order chi connectivity index (χ0) is 21.6. The minimum Gasteiger partial charge on any atom is -0.407 e. The third-order valence-corrected chi connectivity index (χ3v) is 5.02. The molecule has 0 unspecified atom stereocenters. The molecule has 3 rings (SSSR count). The summed E-state index contributed by atoms with van der Waals surface area (Å²) in [4.78, 5) is 4.95. The van der Waals surface area contributed by atoms with Gasteiger partial charge in [-0.15, -0.1) is 0 Å². The van der Waals surface area contributed by atoms with Crippen LogP contribution in [0.25, 0.3) is 22.9 Å². The first-order valence-corrected chi connectivity index (χ1v) is 9.94. The highest BCUT2D eigenvalue weighted by atomic mass is 32.2. The van der Waals surface area contributed by atoms with Crippen LogP contribution in [0.2, 0.25) is 0 Å². The van der Waals surface area contributed by atoms with E-state index < -0.39 is 10.1 Å². The molecule has 0 fully saturated rings. The van der Waals surface area contributed by atoms with Gasteiger partial charge in [-0.1, -0.05) is 55.6 Å². The Bertz CT molecular complexity index is 1160. The standard InChI is InChI=1S/C11H12N2O.C10H11NO3S/c1-13-14-10-7-6-8-4-2-3-5-9(8)11(10)12;1-3-7-8(4-2)10(15(12,13)14)6-5-9(7)11/h2-7,13H,12H2,1H3;3-6H,1-2,11H2,(H,12,13,14). The van der Waals surface area contributed by atoms with Crippen molar-refractivity contribution in [1.82, 2.24) is 5.48 Å². The summed E-state index contributed by atoms with van der Waals surface area (Å²) in [5.74, 6) is 0.659. The van der Waals surface area contributed by atoms with Crippen LogP contribution in [0.15, 0.2) is 66.6 Å². The number of nitrogens with two attached hydrogens (primary N) is 2. The van der Waals surface area contributed by atoms with Gasteiger partial charge in [0.25, 0.3) is 10.1 Å². The van der Waals surface area contributed by atoms with E-state index in [2.05, 4.69) is 18.6 Å². The van der Waals surface area contributed by atoms with Crippen molar-refractivity contribution in [3.05, 3.63) is 72.8 Å². The van der Waals surface area contributed by atoms with E-state index in [-0.39, 0.29) is 10.5 Å². The lowest BCUT2D eigenvalue weighted by Gasteiger charge is -2.09. The summed E-state index contributed by atoms with van der Waals surface area (Å²) >= 11 is 0. The summed E-state index contributed by atoms with van der Waals surface area (Å²) in [5.41, 5.74) is 15.9. The molecule has 0 atom stereocenters. The molecule has 0 aliphatic carbocycles. The number of hydroxylamine groups is 1. The molecular formula is C21H23N3O4S. The van der Waals surface area contributed by atoms with Gasteiger partial charge < -0.3 is 16.3 Å². The van der Waals surface area contributed by atoms with Crippen molar-refractivity contribution < 1.29 is 17.8 Å². The lowest BCUT2D eigenvalue weighted by Crippen LogP contribution is -2.12. The molecule has 0 heterocycles. The number of hydrogen-bond acceptors (Lipinski definition) is 6. The molecule has 3 aromatic rings. The van der Waals surface area contributed by atoms with Crippen LogP contribution in [0.1, 0.15) is 11.1 Å². The van der Waals surface area contributed by atoms with Gasteiger partial charge in [0, 0.05) is 29.2 Å². The van der Waals surface area contributed by atoms with E-state index in [1.54, 1.807) is 7.05 Å². The highest BCUT2D eigenvalue weighted by molar-refractivity contribution is 7.86. The van der Waals surface area contributed by atoms with Crippen LogP contribution in [-0.4, -0.2) is 20.0 Å². The van der Waals surface area contributed by atoms with Crippen molar-refractivity contribution >= 4 is 44.4 Å². The second kappa shape index (κ2) is 9.24. The number of benzene rings is 3. The van der Waals surface area contributed by atoms with Crippen molar-refractivity contribution in [2.24, 2.45) is 0 Å². The van der Waals surface area contributed by atoms with Gasteiger partial charge in [-0.3, -0.25) is 4.55 Å².